The first kappa shape index (κ1) is 11.5. The van der Waals surface area contributed by atoms with Crippen molar-refractivity contribution in [2.75, 3.05) is 0 Å². The summed E-state index contributed by atoms with van der Waals surface area (Å²) in [6.45, 7) is 4.40. The maximum Gasteiger partial charge on any atom is -0.00241 e. The summed E-state index contributed by atoms with van der Waals surface area (Å²) in [7, 11) is 0. The third kappa shape index (κ3) is 1.48. The molecule has 0 fully saturated rings. The van der Waals surface area contributed by atoms with Gasteiger partial charge in [0.1, 0.15) is 0 Å². The monoisotopic (exact) mass is 256 g/mol. The Hall–Kier alpha value is -2.34. The molecule has 0 amide bonds. The highest BCUT2D eigenvalue weighted by Crippen LogP contribution is 2.34. The Balaban J connectivity index is 2.40. The van der Waals surface area contributed by atoms with Gasteiger partial charge in [-0.25, -0.2) is 0 Å². The molecule has 0 bridgehead atoms. The molecule has 0 heterocycles. The van der Waals surface area contributed by atoms with Crippen LogP contribution in [-0.2, 0) is 0 Å². The van der Waals surface area contributed by atoms with E-state index in [0.717, 1.165) is 0 Å². The van der Waals surface area contributed by atoms with E-state index in [2.05, 4.69) is 74.5 Å². The third-order valence-corrected chi connectivity index (χ3v) is 4.31. The molecule has 0 aliphatic heterocycles. The van der Waals surface area contributed by atoms with Gasteiger partial charge in [-0.05, 0) is 57.3 Å². The molecule has 0 atom stereocenters. The molecule has 0 saturated heterocycles. The first-order chi connectivity index (χ1) is 9.75. The molecule has 0 saturated carbocycles. The Morgan fingerprint density at radius 1 is 0.500 bits per heavy atom. The van der Waals surface area contributed by atoms with Gasteiger partial charge in [-0.1, -0.05) is 60.7 Å². The molecule has 0 heteroatoms. The number of hydrogen-bond donors (Lipinski definition) is 0. The van der Waals surface area contributed by atoms with Crippen LogP contribution in [0.3, 0.4) is 0 Å². The molecular formula is C20H16. The van der Waals surface area contributed by atoms with Crippen molar-refractivity contribution in [3.63, 3.8) is 0 Å². The smallest absolute Gasteiger partial charge is 0.00241 e. The Kier molecular flexibility index (Phi) is 2.34. The van der Waals surface area contributed by atoms with Gasteiger partial charge in [0.15, 0.2) is 0 Å². The predicted octanol–water partition coefficient (Wildman–Crippen LogP) is 5.76. The zero-order valence-electron chi connectivity index (χ0n) is 11.8. The summed E-state index contributed by atoms with van der Waals surface area (Å²) in [6.07, 6.45) is 0. The quantitative estimate of drug-likeness (QED) is 0.351. The first-order valence-electron chi connectivity index (χ1n) is 7.06. The van der Waals surface area contributed by atoms with Crippen LogP contribution in [0.5, 0.6) is 0 Å². The molecule has 4 aromatic carbocycles. The zero-order valence-corrected chi connectivity index (χ0v) is 11.8. The van der Waals surface area contributed by atoms with E-state index >= 15 is 0 Å². The second kappa shape index (κ2) is 4.08. The minimum absolute atomic E-state index is 1.31. The Morgan fingerprint density at radius 2 is 1.20 bits per heavy atom. The Morgan fingerprint density at radius 3 is 2.10 bits per heavy atom. The molecule has 20 heavy (non-hydrogen) atoms. The van der Waals surface area contributed by atoms with Gasteiger partial charge in [-0.15, -0.1) is 0 Å². The largest absolute Gasteiger partial charge is 0.0616 e. The SMILES string of the molecule is Cc1ccc(C)c2c1ccc1ccc3ccccc3c12. The van der Waals surface area contributed by atoms with Crippen LogP contribution < -0.4 is 0 Å². The van der Waals surface area contributed by atoms with E-state index in [1.54, 1.807) is 0 Å². The minimum atomic E-state index is 1.31. The lowest BCUT2D eigenvalue weighted by Gasteiger charge is -2.12. The molecule has 0 spiro atoms. The van der Waals surface area contributed by atoms with Crippen molar-refractivity contribution >= 4 is 32.3 Å². The van der Waals surface area contributed by atoms with Crippen LogP contribution in [-0.4, -0.2) is 0 Å². The Labute approximate surface area is 118 Å². The van der Waals surface area contributed by atoms with Gasteiger partial charge in [-0.2, -0.15) is 0 Å². The van der Waals surface area contributed by atoms with Crippen molar-refractivity contribution in [2.45, 2.75) is 13.8 Å². The average molecular weight is 256 g/mol. The van der Waals surface area contributed by atoms with E-state index < -0.39 is 0 Å². The number of benzene rings is 4. The summed E-state index contributed by atoms with van der Waals surface area (Å²) in [5.74, 6) is 0. The molecule has 0 radical (unpaired) electrons. The fraction of sp³-hybridized carbons (Fsp3) is 0.100. The number of aryl methyl sites for hydroxylation is 2. The van der Waals surface area contributed by atoms with Crippen molar-refractivity contribution < 1.29 is 0 Å². The summed E-state index contributed by atoms with van der Waals surface area (Å²) < 4.78 is 0. The molecule has 0 aliphatic rings. The predicted molar refractivity (Wildman–Crippen MR) is 88.4 cm³/mol. The number of rotatable bonds is 0. The number of hydrogen-bond acceptors (Lipinski definition) is 0. The first-order valence-corrected chi connectivity index (χ1v) is 7.06. The lowest BCUT2D eigenvalue weighted by molar-refractivity contribution is 1.47. The van der Waals surface area contributed by atoms with E-state index in [1.807, 2.05) is 0 Å². The van der Waals surface area contributed by atoms with Gasteiger partial charge < -0.3 is 0 Å². The van der Waals surface area contributed by atoms with Gasteiger partial charge in [0, 0.05) is 0 Å². The minimum Gasteiger partial charge on any atom is -0.0616 e. The van der Waals surface area contributed by atoms with E-state index in [4.69, 9.17) is 0 Å². The van der Waals surface area contributed by atoms with Crippen LogP contribution in [0.25, 0.3) is 32.3 Å². The van der Waals surface area contributed by atoms with E-state index in [9.17, 15) is 0 Å². The maximum atomic E-state index is 2.26. The topological polar surface area (TPSA) is 0 Å². The molecule has 4 aromatic rings. The van der Waals surface area contributed by atoms with Gasteiger partial charge in [-0.3, -0.25) is 0 Å². The third-order valence-electron chi connectivity index (χ3n) is 4.31. The van der Waals surface area contributed by atoms with Gasteiger partial charge in [0.25, 0.3) is 0 Å². The normalized spacial score (nSPS) is 11.5. The van der Waals surface area contributed by atoms with Gasteiger partial charge in [0.05, 0.1) is 0 Å². The lowest BCUT2D eigenvalue weighted by atomic mass is 9.92. The Bertz CT molecular complexity index is 962. The maximum absolute atomic E-state index is 2.26. The molecule has 0 aliphatic carbocycles. The summed E-state index contributed by atoms with van der Waals surface area (Å²) in [5, 5.41) is 8.15. The standard InChI is InChI=1S/C20H16/c1-13-7-8-14(2)19-17(13)12-11-16-10-9-15-5-3-4-6-18(15)20(16)19/h3-12H,1-2H3. The summed E-state index contributed by atoms with van der Waals surface area (Å²) in [6, 6.07) is 22.1. The second-order valence-electron chi connectivity index (χ2n) is 5.57. The van der Waals surface area contributed by atoms with Crippen molar-refractivity contribution in [1.82, 2.24) is 0 Å². The van der Waals surface area contributed by atoms with Crippen LogP contribution in [0.4, 0.5) is 0 Å². The highest BCUT2D eigenvalue weighted by Gasteiger charge is 2.08. The molecule has 0 unspecified atom stereocenters. The van der Waals surface area contributed by atoms with Crippen molar-refractivity contribution in [3.8, 4) is 0 Å². The van der Waals surface area contributed by atoms with Crippen LogP contribution in [0, 0.1) is 13.8 Å². The molecule has 0 aromatic heterocycles. The van der Waals surface area contributed by atoms with Gasteiger partial charge in [0.2, 0.25) is 0 Å². The zero-order chi connectivity index (χ0) is 13.7. The number of fused-ring (bicyclic) bond motifs is 5. The molecular weight excluding hydrogens is 240 g/mol. The fourth-order valence-corrected chi connectivity index (χ4v) is 3.26. The highest BCUT2D eigenvalue weighted by atomic mass is 14.1. The molecule has 0 nitrogen and oxygen atoms in total. The van der Waals surface area contributed by atoms with Crippen molar-refractivity contribution in [3.05, 3.63) is 71.8 Å². The van der Waals surface area contributed by atoms with Crippen LogP contribution in [0.1, 0.15) is 11.1 Å². The molecule has 96 valence electrons. The van der Waals surface area contributed by atoms with Crippen LogP contribution >= 0.6 is 0 Å². The molecule has 4 rings (SSSR count). The van der Waals surface area contributed by atoms with E-state index in [-0.39, 0.29) is 0 Å². The van der Waals surface area contributed by atoms with Crippen molar-refractivity contribution in [2.24, 2.45) is 0 Å². The lowest BCUT2D eigenvalue weighted by Crippen LogP contribution is -1.86. The van der Waals surface area contributed by atoms with Crippen LogP contribution in [0.2, 0.25) is 0 Å². The van der Waals surface area contributed by atoms with Crippen molar-refractivity contribution in [1.29, 1.82) is 0 Å². The summed E-state index contributed by atoms with van der Waals surface area (Å²) in [5.41, 5.74) is 2.70. The second-order valence-corrected chi connectivity index (χ2v) is 5.57. The fourth-order valence-electron chi connectivity index (χ4n) is 3.26. The van der Waals surface area contributed by atoms with Crippen LogP contribution in [0.15, 0.2) is 60.7 Å². The summed E-state index contributed by atoms with van der Waals surface area (Å²) in [4.78, 5) is 0. The van der Waals surface area contributed by atoms with E-state index in [0.29, 0.717) is 0 Å². The van der Waals surface area contributed by atoms with Gasteiger partial charge >= 0.3 is 0 Å². The molecule has 0 N–H and O–H groups in total. The average Bonchev–Trinajstić information content (AvgIpc) is 2.50. The van der Waals surface area contributed by atoms with E-state index in [1.165, 1.54) is 43.4 Å². The highest BCUT2D eigenvalue weighted by molar-refractivity contribution is 6.21. The summed E-state index contributed by atoms with van der Waals surface area (Å²) >= 11 is 0.